The van der Waals surface area contributed by atoms with Gasteiger partial charge in [0.1, 0.15) is 5.82 Å². The van der Waals surface area contributed by atoms with Crippen LogP contribution in [0.3, 0.4) is 0 Å². The third-order valence-corrected chi connectivity index (χ3v) is 6.36. The molecule has 136 valence electrons. The van der Waals surface area contributed by atoms with E-state index in [1.807, 2.05) is 43.3 Å². The number of thiophene rings is 1. The smallest absolute Gasteiger partial charge is 0.277 e. The average Bonchev–Trinajstić information content (AvgIpc) is 3.25. The van der Waals surface area contributed by atoms with Gasteiger partial charge in [0.15, 0.2) is 5.78 Å². The molecular formula is C21H19N3O2S. The zero-order chi connectivity index (χ0) is 18.5. The van der Waals surface area contributed by atoms with Crippen LogP contribution in [0.4, 0.5) is 5.82 Å². The number of hydrogen-bond donors (Lipinski definition) is 2. The van der Waals surface area contributed by atoms with Gasteiger partial charge in [-0.05, 0) is 44.0 Å². The lowest BCUT2D eigenvalue weighted by Gasteiger charge is -2.30. The summed E-state index contributed by atoms with van der Waals surface area (Å²) >= 11 is 1.65. The lowest BCUT2D eigenvalue weighted by Crippen LogP contribution is -2.29. The predicted octanol–water partition coefficient (Wildman–Crippen LogP) is 4.10. The maximum Gasteiger partial charge on any atom is 0.277 e. The zero-order valence-corrected chi connectivity index (χ0v) is 15.7. The van der Waals surface area contributed by atoms with E-state index >= 15 is 0 Å². The van der Waals surface area contributed by atoms with Crippen molar-refractivity contribution >= 4 is 22.9 Å². The summed E-state index contributed by atoms with van der Waals surface area (Å²) < 4.78 is 1.56. The maximum atomic E-state index is 13.3. The standard InChI is InChI=1S/C21H19N3O2S/c1-12-10-11-16(27-12)18-17-14(8-5-9-15(17)25)22-20-19(18)21(26)24(23-20)13-6-3-2-4-7-13/h2-4,6-7,10-11,18,22-23H,5,8-9H2,1H3. The first kappa shape index (κ1) is 16.3. The van der Waals surface area contributed by atoms with E-state index in [2.05, 4.69) is 16.5 Å². The number of H-pyrrole nitrogens is 1. The molecule has 1 aliphatic heterocycles. The number of carbonyl (C=O) groups excluding carboxylic acids is 1. The Bertz CT molecular complexity index is 1130. The number of aromatic nitrogens is 2. The van der Waals surface area contributed by atoms with E-state index in [1.165, 1.54) is 4.88 Å². The number of hydrogen-bond acceptors (Lipinski definition) is 4. The fourth-order valence-corrected chi connectivity index (χ4v) is 5.09. The van der Waals surface area contributed by atoms with Crippen molar-refractivity contribution in [3.05, 3.63) is 79.4 Å². The number of benzene rings is 1. The van der Waals surface area contributed by atoms with Crippen molar-refractivity contribution in [2.45, 2.75) is 32.1 Å². The molecule has 2 aromatic heterocycles. The van der Waals surface area contributed by atoms with Crippen LogP contribution >= 0.6 is 11.3 Å². The molecule has 1 aliphatic carbocycles. The van der Waals surface area contributed by atoms with Gasteiger partial charge >= 0.3 is 0 Å². The quantitative estimate of drug-likeness (QED) is 0.707. The van der Waals surface area contributed by atoms with Crippen LogP contribution in [0.25, 0.3) is 5.69 Å². The van der Waals surface area contributed by atoms with Gasteiger partial charge in [0, 0.05) is 27.4 Å². The third-order valence-electron chi connectivity index (χ3n) is 5.30. The van der Waals surface area contributed by atoms with Crippen molar-refractivity contribution < 1.29 is 4.79 Å². The van der Waals surface area contributed by atoms with Gasteiger partial charge in [-0.25, -0.2) is 4.68 Å². The van der Waals surface area contributed by atoms with Crippen molar-refractivity contribution in [3.63, 3.8) is 0 Å². The average molecular weight is 377 g/mol. The van der Waals surface area contributed by atoms with Gasteiger partial charge in [0.25, 0.3) is 5.56 Å². The molecule has 27 heavy (non-hydrogen) atoms. The van der Waals surface area contributed by atoms with Gasteiger partial charge in [0.2, 0.25) is 0 Å². The van der Waals surface area contributed by atoms with Crippen molar-refractivity contribution in [1.82, 2.24) is 9.78 Å². The van der Waals surface area contributed by atoms with Crippen molar-refractivity contribution in [2.75, 3.05) is 5.32 Å². The Labute approximate surface area is 160 Å². The van der Waals surface area contributed by atoms with Gasteiger partial charge < -0.3 is 5.32 Å². The van der Waals surface area contributed by atoms with Gasteiger partial charge in [-0.1, -0.05) is 18.2 Å². The lowest BCUT2D eigenvalue weighted by atomic mass is 9.79. The topological polar surface area (TPSA) is 66.9 Å². The van der Waals surface area contributed by atoms with E-state index in [9.17, 15) is 9.59 Å². The molecular weight excluding hydrogens is 358 g/mol. The van der Waals surface area contributed by atoms with Gasteiger partial charge in [-0.15, -0.1) is 11.3 Å². The highest BCUT2D eigenvalue weighted by Gasteiger charge is 2.39. The first-order chi connectivity index (χ1) is 13.1. The van der Waals surface area contributed by atoms with E-state index in [0.717, 1.165) is 34.7 Å². The summed E-state index contributed by atoms with van der Waals surface area (Å²) in [7, 11) is 0. The SMILES string of the molecule is Cc1ccc(C2C3=C(CCCC3=O)Nc3[nH]n(-c4ccccc4)c(=O)c32)s1. The molecule has 6 heteroatoms. The number of Topliss-reactive ketones (excluding diaryl/α,β-unsaturated/α-hetero) is 1. The Kier molecular flexibility index (Phi) is 3.68. The normalized spacial score (nSPS) is 18.9. The number of ketones is 1. The van der Waals surface area contributed by atoms with E-state index in [0.29, 0.717) is 17.8 Å². The van der Waals surface area contributed by atoms with Crippen LogP contribution in [0.5, 0.6) is 0 Å². The molecule has 2 N–H and O–H groups in total. The summed E-state index contributed by atoms with van der Waals surface area (Å²) in [5, 5.41) is 6.58. The first-order valence-corrected chi connectivity index (χ1v) is 9.95. The van der Waals surface area contributed by atoms with Crippen LogP contribution < -0.4 is 10.9 Å². The van der Waals surface area contributed by atoms with Crippen LogP contribution in [0, 0.1) is 6.92 Å². The van der Waals surface area contributed by atoms with Gasteiger partial charge in [-0.2, -0.15) is 0 Å². The van der Waals surface area contributed by atoms with E-state index in [-0.39, 0.29) is 17.3 Å². The molecule has 0 spiro atoms. The van der Waals surface area contributed by atoms with Crippen LogP contribution in [-0.4, -0.2) is 15.6 Å². The molecule has 0 bridgehead atoms. The highest BCUT2D eigenvalue weighted by atomic mass is 32.1. The molecule has 0 radical (unpaired) electrons. The van der Waals surface area contributed by atoms with Crippen LogP contribution in [0.2, 0.25) is 0 Å². The summed E-state index contributed by atoms with van der Waals surface area (Å²) in [5.74, 6) is 0.558. The number of para-hydroxylation sites is 1. The molecule has 0 saturated heterocycles. The number of anilines is 1. The van der Waals surface area contributed by atoms with Crippen molar-refractivity contribution in [3.8, 4) is 5.69 Å². The second-order valence-corrected chi connectivity index (χ2v) is 8.37. The van der Waals surface area contributed by atoms with E-state index in [1.54, 1.807) is 16.0 Å². The zero-order valence-electron chi connectivity index (χ0n) is 14.9. The summed E-state index contributed by atoms with van der Waals surface area (Å²) in [4.78, 5) is 28.4. The largest absolute Gasteiger partial charge is 0.343 e. The molecule has 2 aliphatic rings. The van der Waals surface area contributed by atoms with Gasteiger partial charge in [-0.3, -0.25) is 14.7 Å². The number of rotatable bonds is 2. The number of allylic oxidation sites excluding steroid dienone is 2. The Morgan fingerprint density at radius 1 is 1.07 bits per heavy atom. The molecule has 0 saturated carbocycles. The third kappa shape index (κ3) is 2.51. The minimum atomic E-state index is -0.295. The molecule has 1 unspecified atom stereocenters. The minimum Gasteiger partial charge on any atom is -0.343 e. The number of fused-ring (bicyclic) bond motifs is 1. The van der Waals surface area contributed by atoms with Crippen molar-refractivity contribution in [2.24, 2.45) is 0 Å². The van der Waals surface area contributed by atoms with Gasteiger partial charge in [0.05, 0.1) is 17.2 Å². The Balaban J connectivity index is 1.75. The second-order valence-electron chi connectivity index (χ2n) is 7.05. The number of aryl methyl sites for hydroxylation is 1. The first-order valence-electron chi connectivity index (χ1n) is 9.13. The fraction of sp³-hybridized carbons (Fsp3) is 0.238. The molecule has 0 amide bonds. The minimum absolute atomic E-state index is 0.107. The summed E-state index contributed by atoms with van der Waals surface area (Å²) in [6.07, 6.45) is 2.23. The number of nitrogens with one attached hydrogen (secondary N) is 2. The molecule has 1 atom stereocenters. The molecule has 5 rings (SSSR count). The van der Waals surface area contributed by atoms with E-state index in [4.69, 9.17) is 0 Å². The van der Waals surface area contributed by atoms with E-state index < -0.39 is 0 Å². The molecule has 1 aromatic carbocycles. The van der Waals surface area contributed by atoms with Crippen LogP contribution in [0.15, 0.2) is 58.5 Å². The van der Waals surface area contributed by atoms with Crippen molar-refractivity contribution in [1.29, 1.82) is 0 Å². The monoisotopic (exact) mass is 377 g/mol. The lowest BCUT2D eigenvalue weighted by molar-refractivity contribution is -0.116. The van der Waals surface area contributed by atoms with Crippen LogP contribution in [0.1, 0.15) is 40.5 Å². The Morgan fingerprint density at radius 3 is 2.63 bits per heavy atom. The summed E-state index contributed by atoms with van der Waals surface area (Å²) in [6, 6.07) is 13.6. The number of aromatic amines is 1. The highest BCUT2D eigenvalue weighted by Crippen LogP contribution is 2.45. The van der Waals surface area contributed by atoms with Crippen LogP contribution in [-0.2, 0) is 4.79 Å². The predicted molar refractivity (Wildman–Crippen MR) is 107 cm³/mol. The molecule has 3 aromatic rings. The Morgan fingerprint density at radius 2 is 1.89 bits per heavy atom. The summed E-state index contributed by atoms with van der Waals surface area (Å²) in [5.41, 5.74) is 3.03. The molecule has 3 heterocycles. The second kappa shape index (κ2) is 6.09. The fourth-order valence-electron chi connectivity index (χ4n) is 4.09. The summed E-state index contributed by atoms with van der Waals surface area (Å²) in [6.45, 7) is 2.05. The number of nitrogens with zero attached hydrogens (tertiary/aromatic N) is 1. The maximum absolute atomic E-state index is 13.3. The molecule has 5 nitrogen and oxygen atoms in total. The Hall–Kier alpha value is -2.86. The highest BCUT2D eigenvalue weighted by molar-refractivity contribution is 7.12. The number of carbonyl (C=O) groups is 1. The molecule has 0 fully saturated rings.